The van der Waals surface area contributed by atoms with Gasteiger partial charge in [0.25, 0.3) is 0 Å². The van der Waals surface area contributed by atoms with Gasteiger partial charge in [0, 0.05) is 24.8 Å². The van der Waals surface area contributed by atoms with Crippen LogP contribution in [0.4, 0.5) is 11.6 Å². The molecule has 0 radical (unpaired) electrons. The molecular formula is C83H103Cl2N15O18. The van der Waals surface area contributed by atoms with Crippen LogP contribution in [0.3, 0.4) is 0 Å². The largest absolute Gasteiger partial charge is 0.508 e. The highest BCUT2D eigenvalue weighted by Crippen LogP contribution is 2.54. The summed E-state index contributed by atoms with van der Waals surface area (Å²) in [5, 5.41) is 43.5. The van der Waals surface area contributed by atoms with Gasteiger partial charge in [-0.3, -0.25) is 0 Å². The molecule has 33 nitrogen and oxygen atoms in total. The van der Waals surface area contributed by atoms with Crippen molar-refractivity contribution in [3.05, 3.63) is 206 Å². The average Bonchev–Trinajstić information content (AvgIpc) is 1.57. The SMILES string of the molecule is C.C.CC1(C)O[C@H]2[C@H](n3ccc4c(Cl)ncnc43)O[C@H](CO)[C@@]2(C)O1.CC1(C)O[C@H]2[C@H](n3ccc4c(Cl)ncnc43)O[C@H](COc3ccccc3)[C@@]2(C)O1.CC1(C)O[C@H]2[C@H](n3ccc4c(N)ncnc43)O[C@H](COc3ccccc3)[C@@]2(C)O1.C[C@@]1(O)[C@@H](COc2ccccc2)O[C@@H](n2ccc3c(N)ncnc32)[C@@H]1O.N.O.Oc1ccccc1. The maximum atomic E-state index is 10.8. The van der Waals surface area contributed by atoms with Gasteiger partial charge in [-0.25, -0.2) is 39.9 Å². The zero-order valence-electron chi connectivity index (χ0n) is 65.3. The van der Waals surface area contributed by atoms with Gasteiger partial charge in [-0.1, -0.05) is 111 Å². The minimum atomic E-state index is -1.49. The molecule has 7 aliphatic heterocycles. The number of anilines is 2. The number of nitrogens with zero attached hydrogens (tertiary/aromatic N) is 12. The van der Waals surface area contributed by atoms with Crippen LogP contribution in [-0.2, 0) is 47.4 Å². The number of nitrogens with two attached hydrogens (primary N) is 2. The van der Waals surface area contributed by atoms with E-state index in [0.717, 1.165) is 27.7 Å². The zero-order chi connectivity index (χ0) is 80.3. The summed E-state index contributed by atoms with van der Waals surface area (Å²) in [5.74, 6) is 1.11. The Morgan fingerprint density at radius 1 is 0.407 bits per heavy atom. The molecular weight excluding hydrogens is 1570 g/mol. The van der Waals surface area contributed by atoms with E-state index < -0.39 is 83.0 Å². The van der Waals surface area contributed by atoms with Crippen LogP contribution in [0.1, 0.15) is 109 Å². The van der Waals surface area contributed by atoms with Gasteiger partial charge in [0.2, 0.25) is 0 Å². The second-order valence-corrected chi connectivity index (χ2v) is 31.2. The first-order valence-corrected chi connectivity index (χ1v) is 37.9. The minimum absolute atomic E-state index is 0. The van der Waals surface area contributed by atoms with Crippen LogP contribution in [0.5, 0.6) is 23.0 Å². The zero-order valence-corrected chi connectivity index (χ0v) is 66.8. The quantitative estimate of drug-likeness (QED) is 0.0497. The van der Waals surface area contributed by atoms with E-state index in [1.807, 2.05) is 210 Å². The smallest absolute Gasteiger partial charge is 0.165 e. The van der Waals surface area contributed by atoms with E-state index >= 15 is 0 Å². The van der Waals surface area contributed by atoms with Gasteiger partial charge in [-0.2, -0.15) is 0 Å². The normalized spacial score (nSPS) is 28.8. The van der Waals surface area contributed by atoms with Crippen molar-refractivity contribution in [1.29, 1.82) is 0 Å². The van der Waals surface area contributed by atoms with E-state index in [9.17, 15) is 15.3 Å². The number of aliphatic hydroxyl groups excluding tert-OH is 2. The van der Waals surface area contributed by atoms with Crippen LogP contribution in [0, 0.1) is 0 Å². The number of phenolic OH excluding ortho intramolecular Hbond substituents is 1. The van der Waals surface area contributed by atoms with E-state index in [1.165, 1.54) is 32.2 Å². The molecule has 7 fully saturated rings. The van der Waals surface area contributed by atoms with Gasteiger partial charge in [0.1, 0.15) is 184 Å². The standard InChI is InChI=1S/C21H22ClN3O4.C21H24N4O4.C18H20N4O4.C15H18ClN3O4.C6H6O.2CH4.H3N.H2O/c2*1-20(2)28-16-19(25-10-9-14-17(22)23-12-24-18(14)25)27-15(21(16,3)29-20)11-26-13-7-5-4-6-8-13;1-18(24)13(9-25-11-5-3-2-4-6-11)26-17(14(18)23)22-8-7-12-15(19)20-10-21-16(12)22;1-14(2)22-10-13(21-9(6-20)15(10,3)23-14)19-5-4-8-11(16)17-7-18-12(8)19;7-6-4-2-1-3-5-6;;;;/h4-10,12,15-16,19H,11H2,1-3H3;4-10,12,15-16,19H,11H2,1-3H3,(H2,22,23,24);2-8,10,13-14,17,23-24H,9H2,1H3,(H2,19,20,21);4-5,7,9-10,13,20H,6H2,1-3H3;1-5,7H;2*1H4;1H3;1H2/t2*15-,16+,19-,21-;13-,14+,17-,18-;9-,10+,13-,15-;;;;;/m1111...../s1. The van der Waals surface area contributed by atoms with Crippen molar-refractivity contribution in [1.82, 2.24) is 64.3 Å². The molecule has 15 heterocycles. The first kappa shape index (κ1) is 88.9. The molecule has 19 rings (SSSR count). The highest BCUT2D eigenvalue weighted by molar-refractivity contribution is 6.34. The van der Waals surface area contributed by atoms with Gasteiger partial charge in [-0.05, 0) is 142 Å². The van der Waals surface area contributed by atoms with Gasteiger partial charge in [-0.15, -0.1) is 0 Å². The first-order valence-electron chi connectivity index (χ1n) is 37.1. The lowest BCUT2D eigenvalue weighted by atomic mass is 9.95. The van der Waals surface area contributed by atoms with Crippen molar-refractivity contribution in [3.8, 4) is 23.0 Å². The summed E-state index contributed by atoms with van der Waals surface area (Å²) >= 11 is 12.3. The molecule has 0 bridgehead atoms. The maximum Gasteiger partial charge on any atom is 0.165 e. The van der Waals surface area contributed by atoms with Gasteiger partial charge >= 0.3 is 0 Å². The van der Waals surface area contributed by atoms with Crippen LogP contribution in [0.15, 0.2) is 196 Å². The maximum absolute atomic E-state index is 10.8. The fourth-order valence-corrected chi connectivity index (χ4v) is 16.1. The number of nitrogen functional groups attached to an aromatic ring is 2. The Kier molecular flexibility index (Phi) is 26.5. The Balaban J connectivity index is 0.000000149. The Labute approximate surface area is 691 Å². The number of aromatic hydroxyl groups is 1. The summed E-state index contributed by atoms with van der Waals surface area (Å²) in [4.78, 5) is 33.4. The molecule has 13 N–H and O–H groups in total. The molecule has 35 heteroatoms. The number of benzene rings is 4. The highest BCUT2D eigenvalue weighted by atomic mass is 35.5. The van der Waals surface area contributed by atoms with Crippen molar-refractivity contribution in [2.75, 3.05) is 37.9 Å². The Morgan fingerprint density at radius 2 is 0.695 bits per heavy atom. The predicted molar refractivity (Wildman–Crippen MR) is 440 cm³/mol. The molecule has 0 spiro atoms. The second kappa shape index (κ2) is 35.2. The van der Waals surface area contributed by atoms with Crippen molar-refractivity contribution in [2.24, 2.45) is 0 Å². The van der Waals surface area contributed by atoms with Crippen LogP contribution in [-0.4, -0.2) is 199 Å². The number of para-hydroxylation sites is 4. The molecule has 7 saturated heterocycles. The minimum Gasteiger partial charge on any atom is -0.508 e. The Bertz CT molecular complexity index is 5160. The summed E-state index contributed by atoms with van der Waals surface area (Å²) in [5.41, 5.74) is 10.8. The lowest BCUT2D eigenvalue weighted by Gasteiger charge is -2.29. The molecule has 632 valence electrons. The number of hydrogen-bond donors (Lipinski definition) is 7. The lowest BCUT2D eigenvalue weighted by Crippen LogP contribution is -2.47. The van der Waals surface area contributed by atoms with Gasteiger partial charge < -0.3 is 123 Å². The summed E-state index contributed by atoms with van der Waals surface area (Å²) in [6, 6.07) is 44.6. The van der Waals surface area contributed by atoms with E-state index in [4.69, 9.17) is 101 Å². The second-order valence-electron chi connectivity index (χ2n) is 30.5. The molecule has 8 aromatic heterocycles. The van der Waals surface area contributed by atoms with Crippen molar-refractivity contribution < 1.29 is 87.5 Å². The summed E-state index contributed by atoms with van der Waals surface area (Å²) in [6.07, 6.45) is 6.73. The molecule has 12 aromatic rings. The number of aromatic nitrogens is 12. The van der Waals surface area contributed by atoms with Crippen LogP contribution >= 0.6 is 23.2 Å². The van der Waals surface area contributed by atoms with Crippen molar-refractivity contribution >= 4 is 79.0 Å². The van der Waals surface area contributed by atoms with E-state index in [2.05, 4.69) is 39.9 Å². The number of halogens is 2. The van der Waals surface area contributed by atoms with Crippen LogP contribution < -0.4 is 31.8 Å². The highest BCUT2D eigenvalue weighted by Gasteiger charge is 2.67. The molecule has 16 atom stereocenters. The molecule has 0 saturated carbocycles. The molecule has 7 aliphatic rings. The molecule has 0 unspecified atom stereocenters. The fraction of sp³-hybridized carbons (Fsp3) is 0.422. The average molecular weight is 1670 g/mol. The van der Waals surface area contributed by atoms with Crippen LogP contribution in [0.2, 0.25) is 10.3 Å². The molecule has 0 aliphatic carbocycles. The number of aliphatic hydroxyl groups is 3. The topological polar surface area (TPSA) is 442 Å². The van der Waals surface area contributed by atoms with Crippen molar-refractivity contribution in [3.63, 3.8) is 0 Å². The molecule has 4 aromatic carbocycles. The number of hydrogen-bond acceptors (Lipinski definition) is 28. The van der Waals surface area contributed by atoms with Crippen molar-refractivity contribution in [2.45, 2.75) is 198 Å². The van der Waals surface area contributed by atoms with E-state index in [1.54, 1.807) is 41.1 Å². The Hall–Kier alpha value is -9.86. The third-order valence-electron chi connectivity index (χ3n) is 21.2. The molecule has 118 heavy (non-hydrogen) atoms. The number of rotatable bonds is 14. The molecule has 0 amide bonds. The van der Waals surface area contributed by atoms with Gasteiger partial charge in [0.15, 0.2) is 42.3 Å². The van der Waals surface area contributed by atoms with Gasteiger partial charge in [0.05, 0.1) is 28.2 Å². The van der Waals surface area contributed by atoms with Crippen LogP contribution in [0.25, 0.3) is 44.1 Å². The fourth-order valence-electron chi connectivity index (χ4n) is 15.7. The number of phenols is 1. The Morgan fingerprint density at radius 3 is 1.03 bits per heavy atom. The summed E-state index contributed by atoms with van der Waals surface area (Å²) in [7, 11) is 0. The third-order valence-corrected chi connectivity index (χ3v) is 21.8. The monoisotopic (exact) mass is 1670 g/mol. The third kappa shape index (κ3) is 17.3. The summed E-state index contributed by atoms with van der Waals surface area (Å²) < 4.78 is 87.2. The summed E-state index contributed by atoms with van der Waals surface area (Å²) in [6.45, 7) is 19.4. The predicted octanol–water partition coefficient (Wildman–Crippen LogP) is 11.9. The first-order chi connectivity index (χ1) is 54.5. The lowest BCUT2D eigenvalue weighted by molar-refractivity contribution is -0.214. The number of ether oxygens (including phenoxy) is 13. The van der Waals surface area contributed by atoms with E-state index in [0.29, 0.717) is 74.6 Å². The number of fused-ring (bicyclic) bond motifs is 7. The van der Waals surface area contributed by atoms with E-state index in [-0.39, 0.29) is 70.2 Å².